The highest BCUT2D eigenvalue weighted by Crippen LogP contribution is 2.42. The van der Waals surface area contributed by atoms with Crippen molar-refractivity contribution < 1.29 is 27.4 Å². The zero-order chi connectivity index (χ0) is 22.8. The lowest BCUT2D eigenvalue weighted by Crippen LogP contribution is -2.42. The third-order valence-corrected chi connectivity index (χ3v) is 8.45. The van der Waals surface area contributed by atoms with Gasteiger partial charge in [0.05, 0.1) is 10.6 Å². The summed E-state index contributed by atoms with van der Waals surface area (Å²) in [4.78, 5) is 13.6. The fourth-order valence-electron chi connectivity index (χ4n) is 3.72. The van der Waals surface area contributed by atoms with Gasteiger partial charge in [-0.05, 0) is 37.5 Å². The topological polar surface area (TPSA) is 87.1 Å². The Morgan fingerprint density at radius 2 is 2.10 bits per heavy atom. The van der Waals surface area contributed by atoms with Crippen LogP contribution >= 0.6 is 11.8 Å². The highest BCUT2D eigenvalue weighted by molar-refractivity contribution is 7.98. The molecule has 172 valence electrons. The number of carboxylic acids is 1. The van der Waals surface area contributed by atoms with E-state index in [1.54, 1.807) is 19.4 Å². The molecule has 1 aromatic rings. The summed E-state index contributed by atoms with van der Waals surface area (Å²) in [5.41, 5.74) is 0.622. The minimum atomic E-state index is -3.82. The zero-order valence-corrected chi connectivity index (χ0v) is 19.6. The summed E-state index contributed by atoms with van der Waals surface area (Å²) in [6.07, 6.45) is 7.26. The van der Waals surface area contributed by atoms with E-state index in [-0.39, 0.29) is 16.7 Å². The van der Waals surface area contributed by atoms with Crippen LogP contribution in [0.2, 0.25) is 0 Å². The Morgan fingerprint density at radius 1 is 1.39 bits per heavy atom. The highest BCUT2D eigenvalue weighted by atomic mass is 32.2. The monoisotopic (exact) mass is 472 g/mol. The molecule has 1 aromatic carbocycles. The van der Waals surface area contributed by atoms with E-state index in [9.17, 15) is 17.6 Å². The SMILES string of the molecule is CCCC[C@@H]1CN(CC2CC2)c2cc(SC)c(O/C=C(\F)C(=O)O)cc2S(=O)(=O)N1C. The van der Waals surface area contributed by atoms with E-state index in [0.29, 0.717) is 29.3 Å². The van der Waals surface area contributed by atoms with Crippen LogP contribution in [0.25, 0.3) is 0 Å². The molecule has 10 heteroatoms. The average Bonchev–Trinajstić information content (AvgIpc) is 3.56. The number of likely N-dealkylation sites (N-methyl/N-ethyl adjacent to an activating group) is 1. The molecule has 31 heavy (non-hydrogen) atoms. The fourth-order valence-corrected chi connectivity index (χ4v) is 5.84. The predicted molar refractivity (Wildman–Crippen MR) is 119 cm³/mol. The third-order valence-electron chi connectivity index (χ3n) is 5.75. The van der Waals surface area contributed by atoms with E-state index in [1.165, 1.54) is 22.1 Å². The van der Waals surface area contributed by atoms with Crippen LogP contribution in [0.5, 0.6) is 5.75 Å². The third kappa shape index (κ3) is 5.35. The first kappa shape index (κ1) is 23.9. The average molecular weight is 473 g/mol. The van der Waals surface area contributed by atoms with E-state index >= 15 is 0 Å². The number of unbranched alkanes of at least 4 members (excludes halogenated alkanes) is 1. The first-order valence-corrected chi connectivity index (χ1v) is 13.1. The van der Waals surface area contributed by atoms with Crippen LogP contribution in [0.3, 0.4) is 0 Å². The largest absolute Gasteiger partial charge is 0.476 e. The van der Waals surface area contributed by atoms with Crippen LogP contribution in [-0.2, 0) is 14.8 Å². The molecular weight excluding hydrogens is 443 g/mol. The number of hydrogen-bond acceptors (Lipinski definition) is 6. The molecule has 1 aliphatic carbocycles. The quantitative estimate of drug-likeness (QED) is 0.329. The van der Waals surface area contributed by atoms with E-state index in [2.05, 4.69) is 11.8 Å². The predicted octanol–water partition coefficient (Wildman–Crippen LogP) is 4.09. The van der Waals surface area contributed by atoms with Crippen molar-refractivity contribution in [2.75, 3.05) is 31.3 Å². The minimum Gasteiger partial charge on any atom is -0.476 e. The molecule has 7 nitrogen and oxygen atoms in total. The van der Waals surface area contributed by atoms with Crippen molar-refractivity contribution >= 4 is 33.4 Å². The summed E-state index contributed by atoms with van der Waals surface area (Å²) in [7, 11) is -2.21. The number of rotatable bonds is 9. The molecular formula is C21H29FN2O5S2. The van der Waals surface area contributed by atoms with Gasteiger partial charge in [-0.3, -0.25) is 0 Å². The van der Waals surface area contributed by atoms with Gasteiger partial charge in [0.25, 0.3) is 0 Å². The molecule has 1 N–H and O–H groups in total. The summed E-state index contributed by atoms with van der Waals surface area (Å²) in [5.74, 6) is -2.54. The smallest absolute Gasteiger partial charge is 0.368 e. The van der Waals surface area contributed by atoms with E-state index in [0.717, 1.165) is 38.6 Å². The van der Waals surface area contributed by atoms with Gasteiger partial charge in [0, 0.05) is 32.2 Å². The second-order valence-electron chi connectivity index (χ2n) is 8.03. The molecule has 0 aromatic heterocycles. The second kappa shape index (κ2) is 9.79. The van der Waals surface area contributed by atoms with Gasteiger partial charge >= 0.3 is 5.97 Å². The number of halogens is 1. The summed E-state index contributed by atoms with van der Waals surface area (Å²) in [5, 5.41) is 8.72. The van der Waals surface area contributed by atoms with Crippen molar-refractivity contribution in [2.24, 2.45) is 5.92 Å². The number of nitrogens with zero attached hydrogens (tertiary/aromatic N) is 2. The number of thioether (sulfide) groups is 1. The molecule has 0 bridgehead atoms. The van der Waals surface area contributed by atoms with Gasteiger partial charge in [0.15, 0.2) is 0 Å². The van der Waals surface area contributed by atoms with Gasteiger partial charge in [-0.15, -0.1) is 11.8 Å². The van der Waals surface area contributed by atoms with Crippen LogP contribution in [0.1, 0.15) is 39.0 Å². The van der Waals surface area contributed by atoms with Crippen molar-refractivity contribution in [3.63, 3.8) is 0 Å². The molecule has 0 saturated heterocycles. The Hall–Kier alpha value is -1.78. The first-order chi connectivity index (χ1) is 14.7. The summed E-state index contributed by atoms with van der Waals surface area (Å²) < 4.78 is 47.1. The van der Waals surface area contributed by atoms with Gasteiger partial charge in [0.1, 0.15) is 16.9 Å². The number of benzene rings is 1. The van der Waals surface area contributed by atoms with Crippen molar-refractivity contribution in [1.29, 1.82) is 0 Å². The standard InChI is InChI=1S/C21H29FN2O5S2/c1-4-5-6-15-12-24(11-14-7-8-14)17-9-19(30-3)18(29-13-16(22)21(25)26)10-20(17)31(27,28)23(15)2/h9-10,13-15H,4-8,11-12H2,1-3H3,(H,25,26)/b16-13-/t15-/m1/s1. The molecule has 1 fully saturated rings. The number of fused-ring (bicyclic) bond motifs is 1. The maximum Gasteiger partial charge on any atom is 0.368 e. The second-order valence-corrected chi connectivity index (χ2v) is 10.8. The van der Waals surface area contributed by atoms with Gasteiger partial charge in [-0.1, -0.05) is 19.8 Å². The number of anilines is 1. The Labute approximate surface area is 187 Å². The number of hydrogen-bond donors (Lipinski definition) is 1. The maximum atomic E-state index is 13.5. The number of carboxylic acid groups (broad SMARTS) is 1. The number of aliphatic carboxylic acids is 1. The van der Waals surface area contributed by atoms with Gasteiger partial charge < -0.3 is 14.7 Å². The summed E-state index contributed by atoms with van der Waals surface area (Å²) in [6.45, 7) is 3.49. The number of sulfonamides is 1. The van der Waals surface area contributed by atoms with Gasteiger partial charge in [-0.25, -0.2) is 13.2 Å². The van der Waals surface area contributed by atoms with E-state index in [1.807, 2.05) is 0 Å². The molecule has 0 radical (unpaired) electrons. The van der Waals surface area contributed by atoms with E-state index < -0.39 is 21.8 Å². The molecule has 1 aliphatic heterocycles. The normalized spacial score (nSPS) is 21.5. The van der Waals surface area contributed by atoms with Gasteiger partial charge in [-0.2, -0.15) is 8.70 Å². The Kier molecular flexibility index (Phi) is 7.54. The minimum absolute atomic E-state index is 0.103. The van der Waals surface area contributed by atoms with Crippen molar-refractivity contribution in [3.05, 3.63) is 24.2 Å². The lowest BCUT2D eigenvalue weighted by Gasteiger charge is -2.29. The van der Waals surface area contributed by atoms with Crippen LogP contribution in [0.15, 0.2) is 34.0 Å². The molecule has 1 atom stereocenters. The van der Waals surface area contributed by atoms with Crippen LogP contribution < -0.4 is 9.64 Å². The number of ether oxygens (including phenoxy) is 1. The molecule has 1 heterocycles. The molecule has 0 spiro atoms. The Bertz CT molecular complexity index is 963. The first-order valence-electron chi connectivity index (χ1n) is 10.4. The fraction of sp³-hybridized carbons (Fsp3) is 0.571. The molecule has 0 unspecified atom stereocenters. The molecule has 0 amide bonds. The molecule has 1 saturated carbocycles. The Morgan fingerprint density at radius 3 is 2.68 bits per heavy atom. The van der Waals surface area contributed by atoms with E-state index in [4.69, 9.17) is 9.84 Å². The summed E-state index contributed by atoms with van der Waals surface area (Å²) in [6, 6.07) is 3.00. The van der Waals surface area contributed by atoms with Gasteiger partial charge in [0.2, 0.25) is 15.9 Å². The van der Waals surface area contributed by atoms with Crippen LogP contribution in [-0.4, -0.2) is 56.2 Å². The summed E-state index contributed by atoms with van der Waals surface area (Å²) >= 11 is 1.33. The lowest BCUT2D eigenvalue weighted by atomic mass is 10.1. The van der Waals surface area contributed by atoms with Crippen molar-refractivity contribution in [1.82, 2.24) is 4.31 Å². The van der Waals surface area contributed by atoms with Crippen LogP contribution in [0.4, 0.5) is 10.1 Å². The molecule has 3 rings (SSSR count). The zero-order valence-electron chi connectivity index (χ0n) is 18.0. The van der Waals surface area contributed by atoms with Crippen molar-refractivity contribution in [2.45, 2.75) is 54.9 Å². The lowest BCUT2D eigenvalue weighted by molar-refractivity contribution is -0.134. The molecule has 2 aliphatic rings. The maximum absolute atomic E-state index is 13.5. The Balaban J connectivity index is 2.09. The number of carbonyl (C=O) groups is 1. The highest BCUT2D eigenvalue weighted by Gasteiger charge is 2.38. The van der Waals surface area contributed by atoms with Crippen molar-refractivity contribution in [3.8, 4) is 5.75 Å². The van der Waals surface area contributed by atoms with Crippen LogP contribution in [0, 0.1) is 5.92 Å².